The Morgan fingerprint density at radius 2 is 2.00 bits per heavy atom. The van der Waals surface area contributed by atoms with Crippen molar-refractivity contribution < 1.29 is 19.4 Å². The van der Waals surface area contributed by atoms with Gasteiger partial charge in [0.25, 0.3) is 0 Å². The first-order valence-electron chi connectivity index (χ1n) is 8.09. The van der Waals surface area contributed by atoms with Gasteiger partial charge in [0.05, 0.1) is 0 Å². The summed E-state index contributed by atoms with van der Waals surface area (Å²) in [4.78, 5) is 23.8. The number of cyclic esters (lactones) is 1. The van der Waals surface area contributed by atoms with E-state index >= 15 is 0 Å². The molecule has 1 heterocycles. The van der Waals surface area contributed by atoms with Gasteiger partial charge in [0.1, 0.15) is 23.6 Å². The molecule has 1 aromatic carbocycles. The van der Waals surface area contributed by atoms with Crippen LogP contribution in [0.1, 0.15) is 50.5 Å². The summed E-state index contributed by atoms with van der Waals surface area (Å²) >= 11 is 0. The van der Waals surface area contributed by atoms with Crippen molar-refractivity contribution in [3.05, 3.63) is 29.8 Å². The van der Waals surface area contributed by atoms with E-state index in [0.717, 1.165) is 31.2 Å². The van der Waals surface area contributed by atoms with Crippen molar-refractivity contribution in [3.8, 4) is 5.75 Å². The van der Waals surface area contributed by atoms with Crippen molar-refractivity contribution in [2.75, 3.05) is 0 Å². The highest BCUT2D eigenvalue weighted by molar-refractivity contribution is 5.98. The number of ether oxygens (including phenoxy) is 1. The lowest BCUT2D eigenvalue weighted by Gasteiger charge is -2.41. The minimum Gasteiger partial charge on any atom is -0.508 e. The molecule has 1 saturated heterocycles. The molecule has 1 unspecified atom stereocenters. The van der Waals surface area contributed by atoms with Gasteiger partial charge in [-0.2, -0.15) is 0 Å². The quantitative estimate of drug-likeness (QED) is 0.685. The van der Waals surface area contributed by atoms with E-state index in [2.05, 4.69) is 0 Å². The molecule has 1 aliphatic carbocycles. The molecule has 1 N–H and O–H groups in total. The largest absolute Gasteiger partial charge is 0.508 e. The molecule has 4 heteroatoms. The number of benzene rings is 1. The molecule has 22 heavy (non-hydrogen) atoms. The molecule has 1 saturated carbocycles. The van der Waals surface area contributed by atoms with Gasteiger partial charge in [0, 0.05) is 6.42 Å². The van der Waals surface area contributed by atoms with E-state index in [1.807, 2.05) is 12.1 Å². The first kappa shape index (κ1) is 15.1. The second-order valence-electron chi connectivity index (χ2n) is 6.58. The van der Waals surface area contributed by atoms with Crippen LogP contribution in [0.3, 0.4) is 0 Å². The average molecular weight is 302 g/mol. The third-order valence-electron chi connectivity index (χ3n) is 5.00. The van der Waals surface area contributed by atoms with E-state index in [0.29, 0.717) is 19.3 Å². The zero-order chi connectivity index (χ0) is 15.6. The predicted octanol–water partition coefficient (Wildman–Crippen LogP) is 3.16. The van der Waals surface area contributed by atoms with Crippen LogP contribution in [0.5, 0.6) is 5.75 Å². The van der Waals surface area contributed by atoms with Gasteiger partial charge in [-0.05, 0) is 49.3 Å². The van der Waals surface area contributed by atoms with Crippen molar-refractivity contribution >= 4 is 11.8 Å². The first-order chi connectivity index (χ1) is 10.6. The Bertz CT molecular complexity index is 556. The van der Waals surface area contributed by atoms with Crippen LogP contribution in [-0.4, -0.2) is 22.5 Å². The Hall–Kier alpha value is -1.84. The number of Topliss-reactive ketones (excluding diaryl/α,β-unsaturated/α-hetero) is 1. The molecule has 1 aliphatic heterocycles. The van der Waals surface area contributed by atoms with Crippen molar-refractivity contribution in [1.29, 1.82) is 0 Å². The lowest BCUT2D eigenvalue weighted by molar-refractivity contribution is -0.178. The minimum absolute atomic E-state index is 0.000871. The van der Waals surface area contributed by atoms with Crippen LogP contribution in [0, 0.1) is 5.92 Å². The molecule has 0 radical (unpaired) electrons. The first-order valence-corrected chi connectivity index (χ1v) is 8.09. The molecular formula is C18H22O4. The molecule has 0 amide bonds. The van der Waals surface area contributed by atoms with Crippen LogP contribution in [0.25, 0.3) is 0 Å². The maximum atomic E-state index is 12.0. The number of aromatic hydroxyl groups is 1. The Morgan fingerprint density at radius 3 is 2.68 bits per heavy atom. The molecule has 0 bridgehead atoms. The molecule has 2 fully saturated rings. The lowest BCUT2D eigenvalue weighted by atomic mass is 9.76. The standard InChI is InChI=1S/C18H22O4/c19-15-7-3-4-13(10-15)8-9-18(14-5-1-2-6-14)12-16(20)11-17(21)22-18/h3-4,7,10,14,19H,1-2,5-6,8-9,11-12H2. The summed E-state index contributed by atoms with van der Waals surface area (Å²) in [6.45, 7) is 0. The van der Waals surface area contributed by atoms with E-state index in [9.17, 15) is 14.7 Å². The average Bonchev–Trinajstić information content (AvgIpc) is 2.99. The van der Waals surface area contributed by atoms with Gasteiger partial charge in [-0.25, -0.2) is 0 Å². The molecule has 1 aromatic rings. The second-order valence-corrected chi connectivity index (χ2v) is 6.58. The van der Waals surface area contributed by atoms with E-state index < -0.39 is 5.60 Å². The fraction of sp³-hybridized carbons (Fsp3) is 0.556. The number of aryl methyl sites for hydroxylation is 1. The number of ketones is 1. The topological polar surface area (TPSA) is 63.6 Å². The zero-order valence-electron chi connectivity index (χ0n) is 12.7. The number of hydrogen-bond acceptors (Lipinski definition) is 4. The maximum absolute atomic E-state index is 12.0. The van der Waals surface area contributed by atoms with Gasteiger partial charge >= 0.3 is 5.97 Å². The molecule has 0 aromatic heterocycles. The lowest BCUT2D eigenvalue weighted by Crippen LogP contribution is -2.48. The SMILES string of the molecule is O=C1CC(=O)OC(CCc2cccc(O)c2)(C2CCCC2)C1. The molecule has 118 valence electrons. The van der Waals surface area contributed by atoms with Gasteiger partial charge in [-0.1, -0.05) is 25.0 Å². The second kappa shape index (κ2) is 6.11. The van der Waals surface area contributed by atoms with Crippen molar-refractivity contribution in [1.82, 2.24) is 0 Å². The fourth-order valence-electron chi connectivity index (χ4n) is 3.95. The van der Waals surface area contributed by atoms with Crippen LogP contribution in [-0.2, 0) is 20.7 Å². The van der Waals surface area contributed by atoms with Gasteiger partial charge in [0.2, 0.25) is 0 Å². The smallest absolute Gasteiger partial charge is 0.313 e. The Morgan fingerprint density at radius 1 is 1.23 bits per heavy atom. The van der Waals surface area contributed by atoms with Crippen molar-refractivity contribution in [2.24, 2.45) is 5.92 Å². The highest BCUT2D eigenvalue weighted by Crippen LogP contribution is 2.43. The Kier molecular flexibility index (Phi) is 4.19. The van der Waals surface area contributed by atoms with E-state index in [1.165, 1.54) is 0 Å². The summed E-state index contributed by atoms with van der Waals surface area (Å²) in [5, 5.41) is 9.57. The van der Waals surface area contributed by atoms with Crippen LogP contribution >= 0.6 is 0 Å². The monoisotopic (exact) mass is 302 g/mol. The molecule has 2 aliphatic rings. The van der Waals surface area contributed by atoms with Crippen LogP contribution < -0.4 is 0 Å². The van der Waals surface area contributed by atoms with E-state index in [4.69, 9.17) is 4.74 Å². The number of esters is 1. The van der Waals surface area contributed by atoms with Crippen LogP contribution in [0.4, 0.5) is 0 Å². The summed E-state index contributed by atoms with van der Waals surface area (Å²) in [5.41, 5.74) is 0.375. The Labute approximate surface area is 130 Å². The third-order valence-corrected chi connectivity index (χ3v) is 5.00. The zero-order valence-corrected chi connectivity index (χ0v) is 12.7. The molecule has 0 spiro atoms. The summed E-state index contributed by atoms with van der Waals surface area (Å²) in [5.74, 6) is 0.153. The Balaban J connectivity index is 1.79. The molecule has 3 rings (SSSR count). The van der Waals surface area contributed by atoms with Gasteiger partial charge < -0.3 is 9.84 Å². The number of phenolic OH excluding ortho intramolecular Hbond substituents is 1. The van der Waals surface area contributed by atoms with Gasteiger partial charge in [-0.3, -0.25) is 9.59 Å². The number of rotatable bonds is 4. The summed E-state index contributed by atoms with van der Waals surface area (Å²) < 4.78 is 5.76. The minimum atomic E-state index is -0.631. The summed E-state index contributed by atoms with van der Waals surface area (Å²) in [7, 11) is 0. The van der Waals surface area contributed by atoms with Crippen LogP contribution in [0.15, 0.2) is 24.3 Å². The third kappa shape index (κ3) is 3.16. The number of hydrogen-bond donors (Lipinski definition) is 1. The fourth-order valence-corrected chi connectivity index (χ4v) is 3.95. The summed E-state index contributed by atoms with van der Waals surface area (Å²) in [6, 6.07) is 7.13. The van der Waals surface area contributed by atoms with Crippen molar-refractivity contribution in [3.63, 3.8) is 0 Å². The molecular weight excluding hydrogens is 280 g/mol. The number of phenols is 1. The maximum Gasteiger partial charge on any atom is 0.313 e. The predicted molar refractivity (Wildman–Crippen MR) is 81.4 cm³/mol. The normalized spacial score (nSPS) is 26.2. The highest BCUT2D eigenvalue weighted by atomic mass is 16.6. The van der Waals surface area contributed by atoms with E-state index in [-0.39, 0.29) is 29.8 Å². The van der Waals surface area contributed by atoms with Gasteiger partial charge in [-0.15, -0.1) is 0 Å². The molecule has 1 atom stereocenters. The van der Waals surface area contributed by atoms with E-state index in [1.54, 1.807) is 12.1 Å². The van der Waals surface area contributed by atoms with Gasteiger partial charge in [0.15, 0.2) is 0 Å². The highest BCUT2D eigenvalue weighted by Gasteiger charge is 2.47. The number of carbonyl (C=O) groups is 2. The van der Waals surface area contributed by atoms with Crippen molar-refractivity contribution in [2.45, 2.75) is 57.0 Å². The number of carbonyl (C=O) groups excluding carboxylic acids is 2. The molecule has 4 nitrogen and oxygen atoms in total. The summed E-state index contributed by atoms with van der Waals surface area (Å²) in [6.07, 6.45) is 5.96. The van der Waals surface area contributed by atoms with Crippen LogP contribution in [0.2, 0.25) is 0 Å².